The van der Waals surface area contributed by atoms with Crippen molar-refractivity contribution in [2.24, 2.45) is 0 Å². The quantitative estimate of drug-likeness (QED) is 0.761. The normalized spacial score (nSPS) is 11.3. The fourth-order valence-corrected chi connectivity index (χ4v) is 2.59. The first kappa shape index (κ1) is 14.1. The largest absolute Gasteiger partial charge is 0.491 e. The summed E-state index contributed by atoms with van der Waals surface area (Å²) in [5.41, 5.74) is 3.73. The lowest BCUT2D eigenvalue weighted by molar-refractivity contribution is 0.241. The molecule has 0 amide bonds. The van der Waals surface area contributed by atoms with E-state index in [-0.39, 0.29) is 6.10 Å². The first-order valence-electron chi connectivity index (χ1n) is 6.82. The number of H-pyrrole nitrogens is 1. The molecule has 0 atom stereocenters. The molecule has 2 aromatic heterocycles. The van der Waals surface area contributed by atoms with Gasteiger partial charge < -0.3 is 9.72 Å². The number of fused-ring (bicyclic) bond motifs is 1. The fourth-order valence-electron chi connectivity index (χ4n) is 2.25. The Morgan fingerprint density at radius 1 is 1.29 bits per heavy atom. The minimum Gasteiger partial charge on any atom is -0.491 e. The smallest absolute Gasteiger partial charge is 0.178 e. The van der Waals surface area contributed by atoms with Gasteiger partial charge in [0, 0.05) is 21.8 Å². The molecular weight excluding hydrogens is 330 g/mol. The van der Waals surface area contributed by atoms with Gasteiger partial charge in [-0.3, -0.25) is 0 Å². The molecule has 0 radical (unpaired) electrons. The van der Waals surface area contributed by atoms with Gasteiger partial charge in [0.25, 0.3) is 0 Å². The average molecular weight is 346 g/mol. The van der Waals surface area contributed by atoms with E-state index in [1.54, 1.807) is 6.20 Å². The summed E-state index contributed by atoms with van der Waals surface area (Å²) in [6.45, 7) is 6.09. The lowest BCUT2D eigenvalue weighted by atomic mass is 10.1. The zero-order valence-electron chi connectivity index (χ0n) is 12.1. The third-order valence-corrected chi connectivity index (χ3v) is 3.64. The third-order valence-electron chi connectivity index (χ3n) is 3.21. The molecule has 3 rings (SSSR count). The van der Waals surface area contributed by atoms with Gasteiger partial charge in [-0.05, 0) is 48.8 Å². The number of benzene rings is 1. The van der Waals surface area contributed by atoms with E-state index in [2.05, 4.69) is 30.9 Å². The molecule has 0 aliphatic heterocycles. The molecule has 0 aliphatic rings. The first-order valence-corrected chi connectivity index (χ1v) is 7.62. The molecule has 0 saturated heterocycles. The van der Waals surface area contributed by atoms with E-state index in [1.807, 2.05) is 45.0 Å². The van der Waals surface area contributed by atoms with Crippen LogP contribution in [0.2, 0.25) is 0 Å². The van der Waals surface area contributed by atoms with E-state index < -0.39 is 0 Å². The Hall–Kier alpha value is -1.88. The number of rotatable bonds is 3. The highest BCUT2D eigenvalue weighted by molar-refractivity contribution is 9.10. The highest BCUT2D eigenvalue weighted by atomic mass is 79.9. The van der Waals surface area contributed by atoms with Crippen molar-refractivity contribution in [1.82, 2.24) is 15.0 Å². The van der Waals surface area contributed by atoms with Crippen molar-refractivity contribution in [3.8, 4) is 17.1 Å². The first-order chi connectivity index (χ1) is 10.0. The summed E-state index contributed by atoms with van der Waals surface area (Å²) in [4.78, 5) is 12.2. The van der Waals surface area contributed by atoms with Crippen molar-refractivity contribution in [2.75, 3.05) is 0 Å². The molecule has 21 heavy (non-hydrogen) atoms. The molecule has 0 aliphatic carbocycles. The summed E-state index contributed by atoms with van der Waals surface area (Å²) in [5.74, 6) is 1.69. The Morgan fingerprint density at radius 3 is 2.86 bits per heavy atom. The van der Waals surface area contributed by atoms with Gasteiger partial charge in [0.1, 0.15) is 11.6 Å². The molecule has 1 N–H and O–H groups in total. The second-order valence-corrected chi connectivity index (χ2v) is 6.12. The summed E-state index contributed by atoms with van der Waals surface area (Å²) < 4.78 is 6.76. The van der Waals surface area contributed by atoms with E-state index >= 15 is 0 Å². The van der Waals surface area contributed by atoms with E-state index in [1.165, 1.54) is 0 Å². The number of aromatic amines is 1. The van der Waals surface area contributed by atoms with Gasteiger partial charge in [-0.2, -0.15) is 0 Å². The van der Waals surface area contributed by atoms with Crippen LogP contribution in [-0.2, 0) is 0 Å². The molecule has 0 spiro atoms. The third kappa shape index (κ3) is 2.78. The maximum Gasteiger partial charge on any atom is 0.178 e. The summed E-state index contributed by atoms with van der Waals surface area (Å²) in [5, 5.41) is 0. The van der Waals surface area contributed by atoms with Gasteiger partial charge in [0.2, 0.25) is 0 Å². The molecule has 1 aromatic carbocycles. The number of ether oxygens (including phenoxy) is 1. The number of imidazole rings is 1. The van der Waals surface area contributed by atoms with E-state index in [9.17, 15) is 0 Å². The van der Waals surface area contributed by atoms with E-state index in [4.69, 9.17) is 4.74 Å². The predicted molar refractivity (Wildman–Crippen MR) is 87.5 cm³/mol. The molecule has 0 fully saturated rings. The minimum atomic E-state index is 0.146. The van der Waals surface area contributed by atoms with Crippen LogP contribution in [0.1, 0.15) is 19.4 Å². The minimum absolute atomic E-state index is 0.146. The van der Waals surface area contributed by atoms with Crippen LogP contribution in [0.25, 0.3) is 22.6 Å². The fraction of sp³-hybridized carbons (Fsp3) is 0.250. The van der Waals surface area contributed by atoms with Crippen molar-refractivity contribution in [1.29, 1.82) is 0 Å². The summed E-state index contributed by atoms with van der Waals surface area (Å²) in [6, 6.07) is 7.98. The Bertz CT molecular complexity index is 795. The maximum absolute atomic E-state index is 5.84. The number of pyridine rings is 1. The van der Waals surface area contributed by atoms with Crippen molar-refractivity contribution in [3.05, 3.63) is 40.5 Å². The average Bonchev–Trinajstić information content (AvgIpc) is 2.83. The van der Waals surface area contributed by atoms with Crippen LogP contribution < -0.4 is 4.74 Å². The predicted octanol–water partition coefficient (Wildman–Crippen LogP) is 4.48. The van der Waals surface area contributed by atoms with Gasteiger partial charge in [0.05, 0.1) is 11.6 Å². The Labute approximate surface area is 131 Å². The SMILES string of the molecule is Cc1c(OC(C)C)cccc1-c1nc2ncc(Br)cc2[nH]1. The highest BCUT2D eigenvalue weighted by Gasteiger charge is 2.12. The van der Waals surface area contributed by atoms with Crippen LogP contribution >= 0.6 is 15.9 Å². The molecule has 3 aromatic rings. The number of nitrogens with zero attached hydrogens (tertiary/aromatic N) is 2. The maximum atomic E-state index is 5.84. The van der Waals surface area contributed by atoms with Gasteiger partial charge >= 0.3 is 0 Å². The summed E-state index contributed by atoms with van der Waals surface area (Å²) >= 11 is 3.42. The zero-order valence-corrected chi connectivity index (χ0v) is 13.7. The standard InChI is InChI=1S/C16H16BrN3O/c1-9(2)21-14-6-4-5-12(10(14)3)15-19-13-7-11(17)8-18-16(13)20-15/h4-9H,1-3H3,(H,18,19,20). The van der Waals surface area contributed by atoms with Gasteiger partial charge in [0.15, 0.2) is 5.65 Å². The van der Waals surface area contributed by atoms with Crippen LogP contribution in [0.4, 0.5) is 0 Å². The number of aromatic nitrogens is 3. The number of hydrogen-bond acceptors (Lipinski definition) is 3. The van der Waals surface area contributed by atoms with Crippen LogP contribution in [0.15, 0.2) is 34.9 Å². The van der Waals surface area contributed by atoms with Crippen LogP contribution in [0.5, 0.6) is 5.75 Å². The number of hydrogen-bond donors (Lipinski definition) is 1. The van der Waals surface area contributed by atoms with Crippen LogP contribution in [0, 0.1) is 6.92 Å². The Balaban J connectivity index is 2.09. The second-order valence-electron chi connectivity index (χ2n) is 5.21. The lowest BCUT2D eigenvalue weighted by Gasteiger charge is -2.14. The molecule has 2 heterocycles. The van der Waals surface area contributed by atoms with Crippen molar-refractivity contribution >= 4 is 27.1 Å². The molecule has 4 nitrogen and oxygen atoms in total. The number of halogens is 1. The van der Waals surface area contributed by atoms with Crippen molar-refractivity contribution in [2.45, 2.75) is 26.9 Å². The van der Waals surface area contributed by atoms with Gasteiger partial charge in [-0.25, -0.2) is 9.97 Å². The Kier molecular flexibility index (Phi) is 3.68. The summed E-state index contributed by atoms with van der Waals surface area (Å²) in [6.07, 6.45) is 1.89. The highest BCUT2D eigenvalue weighted by Crippen LogP contribution is 2.30. The number of nitrogens with one attached hydrogen (secondary N) is 1. The molecular formula is C16H16BrN3O. The molecule has 0 saturated carbocycles. The van der Waals surface area contributed by atoms with Crippen LogP contribution in [0.3, 0.4) is 0 Å². The van der Waals surface area contributed by atoms with E-state index in [0.717, 1.165) is 32.7 Å². The monoisotopic (exact) mass is 345 g/mol. The Morgan fingerprint density at radius 2 is 2.10 bits per heavy atom. The second kappa shape index (κ2) is 5.48. The molecule has 108 valence electrons. The summed E-state index contributed by atoms with van der Waals surface area (Å²) in [7, 11) is 0. The van der Waals surface area contributed by atoms with Gasteiger partial charge in [-0.15, -0.1) is 0 Å². The van der Waals surface area contributed by atoms with Crippen molar-refractivity contribution < 1.29 is 4.74 Å². The lowest BCUT2D eigenvalue weighted by Crippen LogP contribution is -2.07. The molecule has 0 unspecified atom stereocenters. The molecule has 0 bridgehead atoms. The topological polar surface area (TPSA) is 50.8 Å². The van der Waals surface area contributed by atoms with E-state index in [0.29, 0.717) is 5.65 Å². The van der Waals surface area contributed by atoms with Crippen molar-refractivity contribution in [3.63, 3.8) is 0 Å². The zero-order chi connectivity index (χ0) is 15.0. The van der Waals surface area contributed by atoms with Gasteiger partial charge in [-0.1, -0.05) is 12.1 Å². The van der Waals surface area contributed by atoms with Crippen LogP contribution in [-0.4, -0.2) is 21.1 Å². The molecule has 5 heteroatoms.